The van der Waals surface area contributed by atoms with Gasteiger partial charge in [-0.2, -0.15) is 0 Å². The van der Waals surface area contributed by atoms with Gasteiger partial charge in [0.05, 0.1) is 6.54 Å². The fourth-order valence-electron chi connectivity index (χ4n) is 6.09. The van der Waals surface area contributed by atoms with Crippen LogP contribution >= 0.6 is 0 Å². The van der Waals surface area contributed by atoms with Crippen molar-refractivity contribution in [2.24, 2.45) is 17.8 Å². The Morgan fingerprint density at radius 2 is 1.56 bits per heavy atom. The molecule has 1 amide bonds. The maximum absolute atomic E-state index is 12.7. The van der Waals surface area contributed by atoms with Gasteiger partial charge in [0.25, 0.3) is 0 Å². The van der Waals surface area contributed by atoms with Gasteiger partial charge < -0.3 is 5.32 Å². The molecule has 0 spiro atoms. The van der Waals surface area contributed by atoms with Gasteiger partial charge in [-0.3, -0.25) is 9.69 Å². The summed E-state index contributed by atoms with van der Waals surface area (Å²) in [5.74, 6) is 2.85. The molecule has 1 aromatic rings. The van der Waals surface area contributed by atoms with Crippen LogP contribution in [0.1, 0.15) is 56.6 Å². The van der Waals surface area contributed by atoms with Gasteiger partial charge in [-0.05, 0) is 80.9 Å². The van der Waals surface area contributed by atoms with Crippen LogP contribution in [0.15, 0.2) is 24.3 Å². The molecule has 0 unspecified atom stereocenters. The molecule has 25 heavy (non-hydrogen) atoms. The van der Waals surface area contributed by atoms with Crippen LogP contribution in [-0.4, -0.2) is 29.9 Å². The number of nitrogens with one attached hydrogen (secondary N) is 1. The Labute approximate surface area is 152 Å². The van der Waals surface area contributed by atoms with Crippen LogP contribution in [0.4, 0.5) is 0 Å². The number of nitrogens with zero attached hydrogens (tertiary/aromatic N) is 1. The number of benzene rings is 1. The smallest absolute Gasteiger partial charge is 0.234 e. The standard InChI is InChI=1S/C22H32N2O/c1-3-16-4-6-17(7-5-16)14-24(2)15-21(25)23-22-11-18-8-19(12-22)10-20(9-18)13-22/h4-7,18-20H,3,8-15H2,1-2H3,(H,23,25). The maximum atomic E-state index is 12.7. The summed E-state index contributed by atoms with van der Waals surface area (Å²) in [6.45, 7) is 3.51. The lowest BCUT2D eigenvalue weighted by Crippen LogP contribution is -2.60. The summed E-state index contributed by atoms with van der Waals surface area (Å²) in [4.78, 5) is 14.8. The molecule has 4 aliphatic carbocycles. The number of carbonyl (C=O) groups excluding carboxylic acids is 1. The van der Waals surface area contributed by atoms with E-state index in [1.54, 1.807) is 0 Å². The zero-order chi connectivity index (χ0) is 17.4. The van der Waals surface area contributed by atoms with Crippen molar-refractivity contribution in [3.8, 4) is 0 Å². The second kappa shape index (κ2) is 6.75. The van der Waals surface area contributed by atoms with E-state index in [1.807, 2.05) is 7.05 Å². The molecule has 0 heterocycles. The van der Waals surface area contributed by atoms with Crippen LogP contribution < -0.4 is 5.32 Å². The van der Waals surface area contributed by atoms with E-state index < -0.39 is 0 Å². The van der Waals surface area contributed by atoms with E-state index in [9.17, 15) is 4.79 Å². The van der Waals surface area contributed by atoms with E-state index in [-0.39, 0.29) is 11.4 Å². The molecule has 0 aromatic heterocycles. The lowest BCUT2D eigenvalue weighted by molar-refractivity contribution is -0.127. The summed E-state index contributed by atoms with van der Waals surface area (Å²) in [5.41, 5.74) is 2.78. The van der Waals surface area contributed by atoms with Crippen molar-refractivity contribution in [2.45, 2.75) is 64.0 Å². The molecule has 0 atom stereocenters. The van der Waals surface area contributed by atoms with Crippen LogP contribution in [0, 0.1) is 17.8 Å². The fraction of sp³-hybridized carbons (Fsp3) is 0.682. The van der Waals surface area contributed by atoms with Gasteiger partial charge in [-0.1, -0.05) is 31.2 Å². The fourth-order valence-corrected chi connectivity index (χ4v) is 6.09. The van der Waals surface area contributed by atoms with E-state index in [0.29, 0.717) is 6.54 Å². The number of carbonyl (C=O) groups is 1. The summed E-state index contributed by atoms with van der Waals surface area (Å²) in [6.07, 6.45) is 9.02. The Hall–Kier alpha value is -1.35. The van der Waals surface area contributed by atoms with Gasteiger partial charge >= 0.3 is 0 Å². The molecule has 0 radical (unpaired) electrons. The number of aryl methyl sites for hydroxylation is 1. The van der Waals surface area contributed by atoms with Crippen LogP contribution in [0.25, 0.3) is 0 Å². The van der Waals surface area contributed by atoms with Crippen molar-refractivity contribution in [2.75, 3.05) is 13.6 Å². The molecule has 4 bridgehead atoms. The predicted molar refractivity (Wildman–Crippen MR) is 101 cm³/mol. The number of rotatable bonds is 6. The van der Waals surface area contributed by atoms with Gasteiger partial charge in [0.2, 0.25) is 5.91 Å². The normalized spacial score (nSPS) is 33.0. The first-order valence-corrected chi connectivity index (χ1v) is 10.1. The van der Waals surface area contributed by atoms with E-state index >= 15 is 0 Å². The van der Waals surface area contributed by atoms with Crippen molar-refractivity contribution in [3.05, 3.63) is 35.4 Å². The molecule has 4 fully saturated rings. The molecule has 3 heteroatoms. The molecular weight excluding hydrogens is 308 g/mol. The first kappa shape index (κ1) is 17.1. The molecular formula is C22H32N2O. The predicted octanol–water partition coefficient (Wildman–Crippen LogP) is 3.77. The highest BCUT2D eigenvalue weighted by Crippen LogP contribution is 2.55. The van der Waals surface area contributed by atoms with Gasteiger partial charge in [0.15, 0.2) is 0 Å². The van der Waals surface area contributed by atoms with Crippen LogP contribution in [0.2, 0.25) is 0 Å². The van der Waals surface area contributed by atoms with E-state index in [4.69, 9.17) is 0 Å². The van der Waals surface area contributed by atoms with Gasteiger partial charge in [0.1, 0.15) is 0 Å². The highest BCUT2D eigenvalue weighted by molar-refractivity contribution is 5.79. The third-order valence-corrected chi connectivity index (χ3v) is 6.74. The number of amides is 1. The summed E-state index contributed by atoms with van der Waals surface area (Å²) in [5, 5.41) is 3.48. The average Bonchev–Trinajstić information content (AvgIpc) is 2.53. The first-order valence-electron chi connectivity index (χ1n) is 10.1. The Morgan fingerprint density at radius 3 is 2.08 bits per heavy atom. The molecule has 1 aromatic carbocycles. The average molecular weight is 341 g/mol. The number of hydrogen-bond donors (Lipinski definition) is 1. The van der Waals surface area contributed by atoms with E-state index in [0.717, 1.165) is 30.7 Å². The second-order valence-electron chi connectivity index (χ2n) is 9.09. The highest BCUT2D eigenvalue weighted by Gasteiger charge is 2.51. The van der Waals surface area contributed by atoms with Crippen LogP contribution in [0.5, 0.6) is 0 Å². The molecule has 3 nitrogen and oxygen atoms in total. The minimum atomic E-state index is 0.134. The van der Waals surface area contributed by atoms with Gasteiger partial charge in [-0.25, -0.2) is 0 Å². The van der Waals surface area contributed by atoms with Crippen molar-refractivity contribution in [3.63, 3.8) is 0 Å². The largest absolute Gasteiger partial charge is 0.350 e. The lowest BCUT2D eigenvalue weighted by atomic mass is 9.53. The zero-order valence-corrected chi connectivity index (χ0v) is 15.8. The van der Waals surface area contributed by atoms with Crippen LogP contribution in [-0.2, 0) is 17.8 Å². The Bertz CT molecular complexity index is 586. The maximum Gasteiger partial charge on any atom is 0.234 e. The van der Waals surface area contributed by atoms with Crippen molar-refractivity contribution >= 4 is 5.91 Å². The molecule has 1 N–H and O–H groups in total. The number of likely N-dealkylation sites (N-methyl/N-ethyl adjacent to an activating group) is 1. The summed E-state index contributed by atoms with van der Waals surface area (Å²) in [6, 6.07) is 8.76. The van der Waals surface area contributed by atoms with Crippen molar-refractivity contribution < 1.29 is 4.79 Å². The van der Waals surface area contributed by atoms with Gasteiger partial charge in [0, 0.05) is 12.1 Å². The van der Waals surface area contributed by atoms with E-state index in [2.05, 4.69) is 41.4 Å². The molecule has 5 rings (SSSR count). The Morgan fingerprint density at radius 1 is 1.04 bits per heavy atom. The quantitative estimate of drug-likeness (QED) is 0.855. The minimum absolute atomic E-state index is 0.134. The molecule has 4 aliphatic rings. The number of hydrogen-bond acceptors (Lipinski definition) is 2. The Balaban J connectivity index is 1.31. The topological polar surface area (TPSA) is 32.3 Å². The molecule has 4 saturated carbocycles. The van der Waals surface area contributed by atoms with Crippen molar-refractivity contribution in [1.82, 2.24) is 10.2 Å². The second-order valence-corrected chi connectivity index (χ2v) is 9.09. The van der Waals surface area contributed by atoms with Crippen LogP contribution in [0.3, 0.4) is 0 Å². The highest BCUT2D eigenvalue weighted by atomic mass is 16.2. The first-order chi connectivity index (χ1) is 12.0. The van der Waals surface area contributed by atoms with Gasteiger partial charge in [-0.15, -0.1) is 0 Å². The molecule has 0 aliphatic heterocycles. The summed E-state index contributed by atoms with van der Waals surface area (Å²) in [7, 11) is 2.05. The van der Waals surface area contributed by atoms with E-state index in [1.165, 1.54) is 49.7 Å². The lowest BCUT2D eigenvalue weighted by Gasteiger charge is -2.57. The molecule has 136 valence electrons. The summed E-state index contributed by atoms with van der Waals surface area (Å²) >= 11 is 0. The minimum Gasteiger partial charge on any atom is -0.350 e. The SMILES string of the molecule is CCc1ccc(CN(C)CC(=O)NC23CC4CC(CC(C4)C2)C3)cc1. The summed E-state index contributed by atoms with van der Waals surface area (Å²) < 4.78 is 0. The third-order valence-electron chi connectivity index (χ3n) is 6.74. The molecule has 0 saturated heterocycles. The van der Waals surface area contributed by atoms with Crippen molar-refractivity contribution in [1.29, 1.82) is 0 Å². The monoisotopic (exact) mass is 340 g/mol. The zero-order valence-electron chi connectivity index (χ0n) is 15.8. The third kappa shape index (κ3) is 3.76. The Kier molecular flexibility index (Phi) is 4.61.